The molecule has 0 rings (SSSR count). The van der Waals surface area contributed by atoms with Crippen LogP contribution in [0.2, 0.25) is 0 Å². The van der Waals surface area contributed by atoms with Crippen molar-refractivity contribution in [3.05, 3.63) is 11.6 Å². The third-order valence-electron chi connectivity index (χ3n) is 2.41. The van der Waals surface area contributed by atoms with Gasteiger partial charge in [0.15, 0.2) is 0 Å². The van der Waals surface area contributed by atoms with Crippen molar-refractivity contribution in [2.45, 2.75) is 53.1 Å². The van der Waals surface area contributed by atoms with Crippen molar-refractivity contribution in [3.8, 4) is 0 Å². The molecule has 1 unspecified atom stereocenters. The molecule has 0 heterocycles. The molecule has 2 atom stereocenters. The van der Waals surface area contributed by atoms with E-state index in [0.717, 1.165) is 19.3 Å². The zero-order chi connectivity index (χ0) is 12.6. The molecule has 0 aromatic carbocycles. The molecule has 0 spiro atoms. The summed E-state index contributed by atoms with van der Waals surface area (Å²) in [5.74, 6) is 0.00824. The van der Waals surface area contributed by atoms with Crippen molar-refractivity contribution in [3.63, 3.8) is 0 Å². The molecule has 3 heteroatoms. The molecule has 0 saturated heterocycles. The Morgan fingerprint density at radius 1 is 1.31 bits per heavy atom. The second-order valence-electron chi connectivity index (χ2n) is 4.60. The summed E-state index contributed by atoms with van der Waals surface area (Å²) in [4.78, 5) is 10.9. The lowest BCUT2D eigenvalue weighted by atomic mass is 10.0. The number of esters is 1. The Labute approximate surface area is 98.5 Å². The molecule has 0 fully saturated rings. The molecule has 0 amide bonds. The molecular weight excluding hydrogens is 204 g/mol. The zero-order valence-electron chi connectivity index (χ0n) is 10.8. The Morgan fingerprint density at radius 2 is 1.94 bits per heavy atom. The lowest BCUT2D eigenvalue weighted by Gasteiger charge is -2.11. The normalized spacial score (nSPS) is 14.1. The van der Waals surface area contributed by atoms with E-state index in [0.29, 0.717) is 12.5 Å². The standard InChI is InChI=1S/C13H24O3/c1-10(2)6-5-7-11(3)8-9-16-13(15)12(4)14/h6,11-12,14H,5,7-9H2,1-4H3/t11?,12-/m1/s1. The van der Waals surface area contributed by atoms with E-state index in [9.17, 15) is 4.79 Å². The van der Waals surface area contributed by atoms with Gasteiger partial charge in [-0.25, -0.2) is 4.79 Å². The molecule has 1 N–H and O–H groups in total. The summed E-state index contributed by atoms with van der Waals surface area (Å²) >= 11 is 0. The first-order valence-electron chi connectivity index (χ1n) is 5.91. The summed E-state index contributed by atoms with van der Waals surface area (Å²) in [5, 5.41) is 8.91. The van der Waals surface area contributed by atoms with Crippen molar-refractivity contribution >= 4 is 5.97 Å². The van der Waals surface area contributed by atoms with Gasteiger partial charge in [-0.1, -0.05) is 18.6 Å². The third kappa shape index (κ3) is 8.48. The van der Waals surface area contributed by atoms with Crippen LogP contribution in [0.3, 0.4) is 0 Å². The first-order chi connectivity index (χ1) is 7.43. The molecule has 94 valence electrons. The molecule has 0 aliphatic heterocycles. The minimum atomic E-state index is -1.01. The van der Waals surface area contributed by atoms with Gasteiger partial charge in [-0.15, -0.1) is 0 Å². The molecule has 0 aliphatic carbocycles. The van der Waals surface area contributed by atoms with Crippen LogP contribution in [-0.4, -0.2) is 23.8 Å². The number of rotatable bonds is 7. The number of carbonyl (C=O) groups excluding carboxylic acids is 1. The molecule has 0 aliphatic rings. The van der Waals surface area contributed by atoms with Gasteiger partial charge in [-0.2, -0.15) is 0 Å². The number of aliphatic hydroxyl groups is 1. The summed E-state index contributed by atoms with van der Waals surface area (Å²) in [6.45, 7) is 8.15. The highest BCUT2D eigenvalue weighted by Gasteiger charge is 2.10. The Kier molecular flexibility index (Phi) is 7.90. The van der Waals surface area contributed by atoms with E-state index < -0.39 is 12.1 Å². The molecule has 0 bridgehead atoms. The number of carbonyl (C=O) groups is 1. The van der Waals surface area contributed by atoms with Crippen LogP contribution in [-0.2, 0) is 9.53 Å². The second kappa shape index (κ2) is 8.34. The molecule has 0 saturated carbocycles. The Balaban J connectivity index is 3.54. The van der Waals surface area contributed by atoms with Crippen molar-refractivity contribution in [2.24, 2.45) is 5.92 Å². The van der Waals surface area contributed by atoms with E-state index in [2.05, 4.69) is 26.8 Å². The second-order valence-corrected chi connectivity index (χ2v) is 4.60. The van der Waals surface area contributed by atoms with Crippen molar-refractivity contribution in [1.29, 1.82) is 0 Å². The van der Waals surface area contributed by atoms with Gasteiger partial charge in [0.2, 0.25) is 0 Å². The van der Waals surface area contributed by atoms with Crippen LogP contribution in [0.1, 0.15) is 47.0 Å². The molecule has 0 aromatic heterocycles. The van der Waals surface area contributed by atoms with Crippen molar-refractivity contribution in [1.82, 2.24) is 0 Å². The average Bonchev–Trinajstić information content (AvgIpc) is 2.16. The number of hydrogen-bond acceptors (Lipinski definition) is 3. The van der Waals surface area contributed by atoms with Crippen LogP contribution < -0.4 is 0 Å². The average molecular weight is 228 g/mol. The van der Waals surface area contributed by atoms with Gasteiger partial charge in [0.25, 0.3) is 0 Å². The van der Waals surface area contributed by atoms with E-state index in [4.69, 9.17) is 9.84 Å². The smallest absolute Gasteiger partial charge is 0.334 e. The van der Waals surface area contributed by atoms with Gasteiger partial charge in [0.05, 0.1) is 6.61 Å². The lowest BCUT2D eigenvalue weighted by molar-refractivity contribution is -0.152. The fourth-order valence-electron chi connectivity index (χ4n) is 1.28. The maximum atomic E-state index is 10.9. The fraction of sp³-hybridized carbons (Fsp3) is 0.769. The summed E-state index contributed by atoms with van der Waals surface area (Å²) in [6, 6.07) is 0. The molecule has 0 aromatic rings. The minimum Gasteiger partial charge on any atom is -0.464 e. The monoisotopic (exact) mass is 228 g/mol. The first-order valence-corrected chi connectivity index (χ1v) is 5.91. The molecule has 16 heavy (non-hydrogen) atoms. The van der Waals surface area contributed by atoms with Crippen molar-refractivity contribution < 1.29 is 14.6 Å². The Hall–Kier alpha value is -0.830. The van der Waals surface area contributed by atoms with E-state index in [1.165, 1.54) is 12.5 Å². The highest BCUT2D eigenvalue weighted by molar-refractivity contribution is 5.73. The predicted octanol–water partition coefficient (Wildman–Crippen LogP) is 2.68. The highest BCUT2D eigenvalue weighted by atomic mass is 16.5. The maximum Gasteiger partial charge on any atom is 0.334 e. The number of hydrogen-bond donors (Lipinski definition) is 1. The largest absolute Gasteiger partial charge is 0.464 e. The van der Waals surface area contributed by atoms with Gasteiger partial charge < -0.3 is 9.84 Å². The SMILES string of the molecule is CC(C)=CCCC(C)CCOC(=O)[C@@H](C)O. The van der Waals surface area contributed by atoms with Gasteiger partial charge >= 0.3 is 5.97 Å². The van der Waals surface area contributed by atoms with Crippen LogP contribution in [0.25, 0.3) is 0 Å². The van der Waals surface area contributed by atoms with Crippen molar-refractivity contribution in [2.75, 3.05) is 6.61 Å². The highest BCUT2D eigenvalue weighted by Crippen LogP contribution is 2.11. The van der Waals surface area contributed by atoms with Gasteiger partial charge in [-0.05, 0) is 46.0 Å². The number of allylic oxidation sites excluding steroid dienone is 2. The molecule has 0 radical (unpaired) electrons. The summed E-state index contributed by atoms with van der Waals surface area (Å²) in [6.07, 6.45) is 4.25. The minimum absolute atomic E-state index is 0.403. The summed E-state index contributed by atoms with van der Waals surface area (Å²) < 4.78 is 4.90. The molecular formula is C13H24O3. The van der Waals surface area contributed by atoms with Crippen LogP contribution in [0.4, 0.5) is 0 Å². The van der Waals surface area contributed by atoms with Gasteiger partial charge in [0, 0.05) is 0 Å². The quantitative estimate of drug-likeness (QED) is 0.538. The first kappa shape index (κ1) is 15.2. The van der Waals surface area contributed by atoms with Gasteiger partial charge in [0.1, 0.15) is 6.10 Å². The van der Waals surface area contributed by atoms with E-state index >= 15 is 0 Å². The third-order valence-corrected chi connectivity index (χ3v) is 2.41. The summed E-state index contributed by atoms with van der Waals surface area (Å²) in [7, 11) is 0. The van der Waals surface area contributed by atoms with E-state index in [-0.39, 0.29) is 0 Å². The van der Waals surface area contributed by atoms with Crippen LogP contribution in [0, 0.1) is 5.92 Å². The summed E-state index contributed by atoms with van der Waals surface area (Å²) in [5.41, 5.74) is 1.34. The lowest BCUT2D eigenvalue weighted by Crippen LogP contribution is -2.20. The van der Waals surface area contributed by atoms with E-state index in [1.807, 2.05) is 0 Å². The Bertz CT molecular complexity index is 227. The number of aliphatic hydroxyl groups excluding tert-OH is 1. The zero-order valence-corrected chi connectivity index (χ0v) is 10.8. The predicted molar refractivity (Wildman–Crippen MR) is 65.1 cm³/mol. The fourth-order valence-corrected chi connectivity index (χ4v) is 1.28. The molecule has 3 nitrogen and oxygen atoms in total. The van der Waals surface area contributed by atoms with Crippen LogP contribution >= 0.6 is 0 Å². The maximum absolute atomic E-state index is 10.9. The van der Waals surface area contributed by atoms with Crippen LogP contribution in [0.15, 0.2) is 11.6 Å². The number of ether oxygens (including phenoxy) is 1. The topological polar surface area (TPSA) is 46.5 Å². The van der Waals surface area contributed by atoms with E-state index in [1.54, 1.807) is 0 Å². The van der Waals surface area contributed by atoms with Gasteiger partial charge in [-0.3, -0.25) is 0 Å². The van der Waals surface area contributed by atoms with Crippen LogP contribution in [0.5, 0.6) is 0 Å². The Morgan fingerprint density at radius 3 is 2.44 bits per heavy atom.